The summed E-state index contributed by atoms with van der Waals surface area (Å²) in [6.07, 6.45) is 6.89. The van der Waals surface area contributed by atoms with Crippen LogP contribution in [0.25, 0.3) is 6.08 Å². The van der Waals surface area contributed by atoms with E-state index in [1.54, 1.807) is 0 Å². The maximum Gasteiger partial charge on any atom is 0.0228 e. The molecule has 1 aliphatic rings. The van der Waals surface area contributed by atoms with Crippen LogP contribution in [0.15, 0.2) is 12.1 Å². The zero-order chi connectivity index (χ0) is 8.55. The highest BCUT2D eigenvalue weighted by Gasteiger charge is 2.14. The summed E-state index contributed by atoms with van der Waals surface area (Å²) in [5, 5.41) is 0. The van der Waals surface area contributed by atoms with Crippen LogP contribution < -0.4 is 0 Å². The second kappa shape index (κ2) is 2.81. The summed E-state index contributed by atoms with van der Waals surface area (Å²) in [4.78, 5) is 0. The van der Waals surface area contributed by atoms with Gasteiger partial charge in [-0.05, 0) is 38.3 Å². The molecule has 0 spiro atoms. The second-order valence-corrected chi connectivity index (χ2v) is 3.43. The maximum atomic E-state index is 2.44. The molecule has 0 N–H and O–H groups in total. The minimum atomic E-state index is 1.22. The number of aromatic nitrogens is 1. The third kappa shape index (κ3) is 1.01. The summed E-state index contributed by atoms with van der Waals surface area (Å²) in [6, 6.07) is 2.32. The van der Waals surface area contributed by atoms with Gasteiger partial charge in [0.2, 0.25) is 0 Å². The predicted molar refractivity (Wildman–Crippen MR) is 52.2 cm³/mol. The zero-order valence-corrected chi connectivity index (χ0v) is 7.80. The first kappa shape index (κ1) is 7.66. The Kier molecular flexibility index (Phi) is 1.80. The van der Waals surface area contributed by atoms with Crippen LogP contribution in [-0.2, 0) is 13.0 Å². The third-order valence-electron chi connectivity index (χ3n) is 2.65. The van der Waals surface area contributed by atoms with Crippen molar-refractivity contribution >= 4 is 6.08 Å². The molecular weight excluding hydrogens is 146 g/mol. The van der Waals surface area contributed by atoms with Crippen LogP contribution in [0.4, 0.5) is 0 Å². The molecule has 0 atom stereocenters. The Morgan fingerprint density at radius 1 is 1.50 bits per heavy atom. The fraction of sp³-hybridized carbons (Fsp3) is 0.455. The third-order valence-corrected chi connectivity index (χ3v) is 2.65. The van der Waals surface area contributed by atoms with E-state index in [2.05, 4.69) is 36.6 Å². The van der Waals surface area contributed by atoms with E-state index < -0.39 is 0 Å². The monoisotopic (exact) mass is 161 g/mol. The summed E-state index contributed by atoms with van der Waals surface area (Å²) in [6.45, 7) is 5.51. The number of hydrogen-bond acceptors (Lipinski definition) is 0. The largest absolute Gasteiger partial charge is 0.348 e. The summed E-state index contributed by atoms with van der Waals surface area (Å²) < 4.78 is 2.44. The number of fused-ring (bicyclic) bond motifs is 1. The van der Waals surface area contributed by atoms with Crippen LogP contribution >= 0.6 is 0 Å². The highest BCUT2D eigenvalue weighted by atomic mass is 15.0. The van der Waals surface area contributed by atoms with Crippen molar-refractivity contribution in [1.29, 1.82) is 0 Å². The van der Waals surface area contributed by atoms with Crippen LogP contribution in [0.1, 0.15) is 30.3 Å². The summed E-state index contributed by atoms with van der Waals surface area (Å²) >= 11 is 0. The molecule has 0 aliphatic carbocycles. The smallest absolute Gasteiger partial charge is 0.0228 e. The molecule has 1 aromatic rings. The van der Waals surface area contributed by atoms with Gasteiger partial charge in [0.15, 0.2) is 0 Å². The molecule has 1 aromatic heterocycles. The second-order valence-electron chi connectivity index (χ2n) is 3.43. The van der Waals surface area contributed by atoms with Gasteiger partial charge < -0.3 is 4.57 Å². The Morgan fingerprint density at radius 3 is 3.00 bits per heavy atom. The minimum absolute atomic E-state index is 1.22. The quantitative estimate of drug-likeness (QED) is 0.597. The molecule has 0 saturated carbocycles. The first-order chi connectivity index (χ1) is 5.83. The van der Waals surface area contributed by atoms with Gasteiger partial charge in [0.1, 0.15) is 0 Å². The van der Waals surface area contributed by atoms with Gasteiger partial charge in [-0.2, -0.15) is 0 Å². The van der Waals surface area contributed by atoms with Crippen LogP contribution in [0.5, 0.6) is 0 Å². The van der Waals surface area contributed by atoms with Gasteiger partial charge >= 0.3 is 0 Å². The standard InChI is InChI=1S/C11H15N/c1-3-5-10-8-11-6-4-7-12(11)9(10)2/h3,5,8H,4,6-7H2,1-2H3/b5-3-. The van der Waals surface area contributed by atoms with E-state index in [-0.39, 0.29) is 0 Å². The Balaban J connectivity index is 2.47. The molecule has 0 unspecified atom stereocenters. The predicted octanol–water partition coefficient (Wildman–Crippen LogP) is 2.78. The van der Waals surface area contributed by atoms with Crippen molar-refractivity contribution in [2.24, 2.45) is 0 Å². The highest BCUT2D eigenvalue weighted by Crippen LogP contribution is 2.23. The van der Waals surface area contributed by atoms with E-state index in [0.29, 0.717) is 0 Å². The minimum Gasteiger partial charge on any atom is -0.348 e. The molecule has 0 fully saturated rings. The van der Waals surface area contributed by atoms with Crippen molar-refractivity contribution < 1.29 is 0 Å². The van der Waals surface area contributed by atoms with E-state index in [4.69, 9.17) is 0 Å². The average molecular weight is 161 g/mol. The van der Waals surface area contributed by atoms with Crippen molar-refractivity contribution in [3.63, 3.8) is 0 Å². The van der Waals surface area contributed by atoms with Crippen molar-refractivity contribution in [1.82, 2.24) is 4.57 Å². The maximum absolute atomic E-state index is 2.44. The van der Waals surface area contributed by atoms with Crippen LogP contribution in [0.3, 0.4) is 0 Å². The lowest BCUT2D eigenvalue weighted by atomic mass is 10.2. The topological polar surface area (TPSA) is 4.93 Å². The fourth-order valence-electron chi connectivity index (χ4n) is 2.02. The Hall–Kier alpha value is -0.980. The molecular formula is C11H15N. The zero-order valence-electron chi connectivity index (χ0n) is 7.80. The summed E-state index contributed by atoms with van der Waals surface area (Å²) in [5.74, 6) is 0. The van der Waals surface area contributed by atoms with Gasteiger partial charge in [-0.1, -0.05) is 12.2 Å². The van der Waals surface area contributed by atoms with E-state index >= 15 is 0 Å². The molecule has 12 heavy (non-hydrogen) atoms. The number of allylic oxidation sites excluding steroid dienone is 1. The molecule has 0 amide bonds. The number of aryl methyl sites for hydroxylation is 1. The van der Waals surface area contributed by atoms with Crippen molar-refractivity contribution in [3.8, 4) is 0 Å². The van der Waals surface area contributed by atoms with Gasteiger partial charge in [-0.25, -0.2) is 0 Å². The van der Waals surface area contributed by atoms with Crippen molar-refractivity contribution in [2.75, 3.05) is 0 Å². The Bertz CT molecular complexity index is 318. The molecule has 1 heteroatoms. The number of nitrogens with zero attached hydrogens (tertiary/aromatic N) is 1. The lowest BCUT2D eigenvalue weighted by Crippen LogP contribution is -1.94. The molecule has 0 bridgehead atoms. The average Bonchev–Trinajstić information content (AvgIpc) is 2.58. The number of rotatable bonds is 1. The molecule has 2 rings (SSSR count). The molecule has 64 valence electrons. The normalized spacial score (nSPS) is 15.8. The van der Waals surface area contributed by atoms with E-state index in [9.17, 15) is 0 Å². The Labute approximate surface area is 73.7 Å². The molecule has 2 heterocycles. The van der Waals surface area contributed by atoms with Crippen molar-refractivity contribution in [2.45, 2.75) is 33.2 Å². The first-order valence-electron chi connectivity index (χ1n) is 4.64. The summed E-state index contributed by atoms with van der Waals surface area (Å²) in [7, 11) is 0. The van der Waals surface area contributed by atoms with Gasteiger partial charge in [-0.15, -0.1) is 0 Å². The first-order valence-corrected chi connectivity index (χ1v) is 4.64. The van der Waals surface area contributed by atoms with E-state index in [1.807, 2.05) is 0 Å². The van der Waals surface area contributed by atoms with Gasteiger partial charge in [0.25, 0.3) is 0 Å². The van der Waals surface area contributed by atoms with Gasteiger partial charge in [0, 0.05) is 17.9 Å². The highest BCUT2D eigenvalue weighted by molar-refractivity contribution is 5.53. The van der Waals surface area contributed by atoms with E-state index in [1.165, 1.54) is 36.3 Å². The molecule has 1 nitrogen and oxygen atoms in total. The molecule has 0 aromatic carbocycles. The van der Waals surface area contributed by atoms with Gasteiger partial charge in [0.05, 0.1) is 0 Å². The lowest BCUT2D eigenvalue weighted by molar-refractivity contribution is 0.728. The van der Waals surface area contributed by atoms with Crippen molar-refractivity contribution in [3.05, 3.63) is 29.1 Å². The molecule has 0 radical (unpaired) electrons. The fourth-order valence-corrected chi connectivity index (χ4v) is 2.02. The summed E-state index contributed by atoms with van der Waals surface area (Å²) in [5.41, 5.74) is 4.34. The molecule has 1 aliphatic heterocycles. The van der Waals surface area contributed by atoms with Crippen LogP contribution in [0, 0.1) is 6.92 Å². The van der Waals surface area contributed by atoms with Crippen LogP contribution in [0.2, 0.25) is 0 Å². The van der Waals surface area contributed by atoms with Crippen LogP contribution in [-0.4, -0.2) is 4.57 Å². The SMILES string of the molecule is C/C=C\c1cc2n(c1C)CCC2. The van der Waals surface area contributed by atoms with E-state index in [0.717, 1.165) is 0 Å². The Morgan fingerprint density at radius 2 is 2.33 bits per heavy atom. The van der Waals surface area contributed by atoms with Gasteiger partial charge in [-0.3, -0.25) is 0 Å². The number of hydrogen-bond donors (Lipinski definition) is 0. The molecule has 0 saturated heterocycles. The lowest BCUT2D eigenvalue weighted by Gasteiger charge is -2.00.